The summed E-state index contributed by atoms with van der Waals surface area (Å²) in [6.45, 7) is 4.10. The highest BCUT2D eigenvalue weighted by Gasteiger charge is 2.34. The average molecular weight is 525 g/mol. The van der Waals surface area contributed by atoms with Crippen LogP contribution in [0.4, 0.5) is 26.4 Å². The predicted molar refractivity (Wildman–Crippen MR) is 141 cm³/mol. The summed E-state index contributed by atoms with van der Waals surface area (Å²) in [6.07, 6.45) is 9.32. The minimum atomic E-state index is -0.711. The number of rotatable bonds is 5. The second-order valence-electron chi connectivity index (χ2n) is 10.8. The number of piperidine rings is 1. The first-order valence-electron chi connectivity index (χ1n) is 13.7. The van der Waals surface area contributed by atoms with Crippen LogP contribution in [0, 0.1) is 17.6 Å². The van der Waals surface area contributed by atoms with Gasteiger partial charge in [-0.05, 0) is 76.6 Å². The number of nitrogens with two attached hydrogens (primary N) is 1. The fourth-order valence-corrected chi connectivity index (χ4v) is 6.45. The first kappa shape index (κ1) is 25.0. The Hall–Kier alpha value is -3.34. The number of amides is 1. The van der Waals surface area contributed by atoms with E-state index in [1.165, 1.54) is 38.1 Å². The molecule has 3 aliphatic rings. The van der Waals surface area contributed by atoms with E-state index in [1.54, 1.807) is 6.20 Å². The lowest BCUT2D eigenvalue weighted by molar-refractivity contribution is -0.138. The van der Waals surface area contributed by atoms with Crippen molar-refractivity contribution in [3.8, 4) is 0 Å². The van der Waals surface area contributed by atoms with Crippen LogP contribution in [0.3, 0.4) is 0 Å². The zero-order valence-corrected chi connectivity index (χ0v) is 21.5. The zero-order chi connectivity index (χ0) is 26.2. The number of nitrogen functional groups attached to an aromatic ring is 1. The number of imidazole rings is 1. The summed E-state index contributed by atoms with van der Waals surface area (Å²) < 4.78 is 29.8. The maximum atomic E-state index is 14.4. The molecule has 202 valence electrons. The van der Waals surface area contributed by atoms with Gasteiger partial charge in [0, 0.05) is 37.2 Å². The van der Waals surface area contributed by atoms with Crippen LogP contribution in [-0.2, 0) is 4.79 Å². The molecule has 3 fully saturated rings. The molecule has 9 nitrogen and oxygen atoms in total. The third-order valence-corrected chi connectivity index (χ3v) is 8.47. The molecule has 0 unspecified atom stereocenters. The van der Waals surface area contributed by atoms with E-state index < -0.39 is 11.6 Å². The van der Waals surface area contributed by atoms with Gasteiger partial charge >= 0.3 is 0 Å². The Morgan fingerprint density at radius 1 is 0.947 bits per heavy atom. The van der Waals surface area contributed by atoms with Gasteiger partial charge in [-0.3, -0.25) is 9.36 Å². The second kappa shape index (κ2) is 10.4. The monoisotopic (exact) mass is 524 g/mol. The summed E-state index contributed by atoms with van der Waals surface area (Å²) in [5.41, 5.74) is 7.08. The molecule has 1 aliphatic carbocycles. The van der Waals surface area contributed by atoms with Crippen molar-refractivity contribution in [2.75, 3.05) is 37.2 Å². The van der Waals surface area contributed by atoms with E-state index in [0.717, 1.165) is 57.7 Å². The molecule has 0 radical (unpaired) electrons. The van der Waals surface area contributed by atoms with Crippen LogP contribution in [0.25, 0.3) is 11.2 Å². The standard InChI is InChI=1S/C27H34F2N8O/c28-18-5-8-22(21(29)15-18)32-27-33-23-16-31-26(30)34-24(23)37(27)20-6-3-17(4-7-20)25(38)36-13-9-19(10-14-36)35-11-1-2-12-35/h5,8,15-17,19-20H,1-4,6-7,9-14H2,(H,32,33)(H2,30,31,34). The number of nitrogens with zero attached hydrogens (tertiary/aromatic N) is 6. The highest BCUT2D eigenvalue weighted by Crippen LogP contribution is 2.38. The Morgan fingerprint density at radius 3 is 2.39 bits per heavy atom. The molecule has 6 rings (SSSR count). The molecular weight excluding hydrogens is 490 g/mol. The van der Waals surface area contributed by atoms with Crippen molar-refractivity contribution in [3.05, 3.63) is 36.0 Å². The Kier molecular flexibility index (Phi) is 6.86. The highest BCUT2D eigenvalue weighted by molar-refractivity contribution is 5.79. The minimum Gasteiger partial charge on any atom is -0.368 e. The number of aromatic nitrogens is 4. The summed E-state index contributed by atoms with van der Waals surface area (Å²) >= 11 is 0. The predicted octanol–water partition coefficient (Wildman–Crippen LogP) is 4.25. The highest BCUT2D eigenvalue weighted by atomic mass is 19.1. The third kappa shape index (κ3) is 4.91. The van der Waals surface area contributed by atoms with E-state index in [-0.39, 0.29) is 29.5 Å². The normalized spacial score (nSPS) is 23.3. The van der Waals surface area contributed by atoms with Crippen molar-refractivity contribution in [2.45, 2.75) is 63.5 Å². The Bertz CT molecular complexity index is 1310. The van der Waals surface area contributed by atoms with E-state index in [4.69, 9.17) is 5.73 Å². The second-order valence-corrected chi connectivity index (χ2v) is 10.8. The molecule has 1 aromatic carbocycles. The lowest BCUT2D eigenvalue weighted by Crippen LogP contribution is -2.48. The quantitative estimate of drug-likeness (QED) is 0.514. The lowest BCUT2D eigenvalue weighted by atomic mass is 9.84. The molecule has 11 heteroatoms. The topological polar surface area (TPSA) is 105 Å². The largest absolute Gasteiger partial charge is 0.368 e. The molecule has 4 heterocycles. The van der Waals surface area contributed by atoms with Crippen LogP contribution in [0.5, 0.6) is 0 Å². The molecular formula is C27H34F2N8O. The number of fused-ring (bicyclic) bond motifs is 1. The van der Waals surface area contributed by atoms with Crippen LogP contribution in [0.15, 0.2) is 24.4 Å². The van der Waals surface area contributed by atoms with Gasteiger partial charge < -0.3 is 20.9 Å². The van der Waals surface area contributed by atoms with Crippen molar-refractivity contribution in [3.63, 3.8) is 0 Å². The third-order valence-electron chi connectivity index (χ3n) is 8.47. The van der Waals surface area contributed by atoms with E-state index in [0.29, 0.717) is 23.2 Å². The van der Waals surface area contributed by atoms with Crippen molar-refractivity contribution >= 4 is 34.7 Å². The van der Waals surface area contributed by atoms with Gasteiger partial charge in [0.25, 0.3) is 0 Å². The number of likely N-dealkylation sites (tertiary alicyclic amines) is 2. The van der Waals surface area contributed by atoms with Gasteiger partial charge in [0.2, 0.25) is 17.8 Å². The maximum Gasteiger partial charge on any atom is 0.225 e. The molecule has 1 amide bonds. The average Bonchev–Trinajstić information content (AvgIpc) is 3.58. The number of hydrogen-bond acceptors (Lipinski definition) is 7. The van der Waals surface area contributed by atoms with Crippen LogP contribution in [0.1, 0.15) is 57.4 Å². The molecule has 2 saturated heterocycles. The number of halogens is 2. The summed E-state index contributed by atoms with van der Waals surface area (Å²) in [5.74, 6) is -0.559. The van der Waals surface area contributed by atoms with Gasteiger partial charge in [0.1, 0.15) is 17.2 Å². The van der Waals surface area contributed by atoms with Gasteiger partial charge in [-0.2, -0.15) is 4.98 Å². The lowest BCUT2D eigenvalue weighted by Gasteiger charge is -2.39. The molecule has 3 aromatic rings. The molecule has 0 atom stereocenters. The van der Waals surface area contributed by atoms with Crippen molar-refractivity contribution in [1.29, 1.82) is 0 Å². The fraction of sp³-hybridized carbons (Fsp3) is 0.556. The Balaban J connectivity index is 1.15. The number of anilines is 3. The molecule has 1 saturated carbocycles. The van der Waals surface area contributed by atoms with E-state index in [2.05, 4.69) is 30.1 Å². The Labute approximate surface area is 220 Å². The molecule has 0 bridgehead atoms. The van der Waals surface area contributed by atoms with Crippen molar-refractivity contribution < 1.29 is 13.6 Å². The first-order valence-corrected chi connectivity index (χ1v) is 13.7. The molecule has 3 N–H and O–H groups in total. The van der Waals surface area contributed by atoms with Crippen LogP contribution in [0.2, 0.25) is 0 Å². The van der Waals surface area contributed by atoms with Crippen molar-refractivity contribution in [1.82, 2.24) is 29.3 Å². The minimum absolute atomic E-state index is 0.00487. The van der Waals surface area contributed by atoms with Crippen LogP contribution in [-0.4, -0.2) is 67.4 Å². The SMILES string of the molecule is Nc1ncc2nc(Nc3ccc(F)cc3F)n(C3CCC(C(=O)N4CCC(N5CCCC5)CC4)CC3)c2n1. The van der Waals surface area contributed by atoms with E-state index in [1.807, 2.05) is 4.57 Å². The van der Waals surface area contributed by atoms with Gasteiger partial charge in [-0.25, -0.2) is 18.7 Å². The molecule has 2 aromatic heterocycles. The summed E-state index contributed by atoms with van der Waals surface area (Å²) in [6, 6.07) is 4.00. The Morgan fingerprint density at radius 2 is 1.68 bits per heavy atom. The van der Waals surface area contributed by atoms with Gasteiger partial charge in [0.15, 0.2) is 5.65 Å². The number of carbonyl (C=O) groups is 1. The number of hydrogen-bond donors (Lipinski definition) is 2. The number of nitrogens with one attached hydrogen (secondary N) is 1. The number of benzene rings is 1. The van der Waals surface area contributed by atoms with Gasteiger partial charge in [0.05, 0.1) is 11.9 Å². The first-order chi connectivity index (χ1) is 18.5. The van der Waals surface area contributed by atoms with Crippen LogP contribution >= 0.6 is 0 Å². The summed E-state index contributed by atoms with van der Waals surface area (Å²) in [7, 11) is 0. The molecule has 2 aliphatic heterocycles. The summed E-state index contributed by atoms with van der Waals surface area (Å²) in [5, 5.41) is 3.01. The molecule has 0 spiro atoms. The fourth-order valence-electron chi connectivity index (χ4n) is 6.45. The van der Waals surface area contributed by atoms with Gasteiger partial charge in [-0.15, -0.1) is 0 Å². The molecule has 38 heavy (non-hydrogen) atoms. The van der Waals surface area contributed by atoms with Crippen LogP contribution < -0.4 is 11.1 Å². The van der Waals surface area contributed by atoms with E-state index in [9.17, 15) is 13.6 Å². The smallest absolute Gasteiger partial charge is 0.225 e. The zero-order valence-electron chi connectivity index (χ0n) is 21.5. The van der Waals surface area contributed by atoms with Gasteiger partial charge in [-0.1, -0.05) is 0 Å². The maximum absolute atomic E-state index is 14.4. The number of carbonyl (C=O) groups excluding carboxylic acids is 1. The van der Waals surface area contributed by atoms with E-state index >= 15 is 0 Å². The van der Waals surface area contributed by atoms with Crippen molar-refractivity contribution in [2.24, 2.45) is 5.92 Å². The summed E-state index contributed by atoms with van der Waals surface area (Å²) in [4.78, 5) is 31.1.